The minimum absolute atomic E-state index is 0.00201. The van der Waals surface area contributed by atoms with E-state index >= 15 is 0 Å². The van der Waals surface area contributed by atoms with Gasteiger partial charge in [0.05, 0.1) is 13.1 Å². The van der Waals surface area contributed by atoms with Crippen molar-refractivity contribution in [1.29, 1.82) is 0 Å². The monoisotopic (exact) mass is 387 g/mol. The van der Waals surface area contributed by atoms with E-state index in [1.165, 1.54) is 23.1 Å². The number of carbonyl (C=O) groups is 2. The van der Waals surface area contributed by atoms with Gasteiger partial charge < -0.3 is 14.7 Å². The summed E-state index contributed by atoms with van der Waals surface area (Å²) in [5, 5.41) is 8.54. The Labute approximate surface area is 159 Å². The van der Waals surface area contributed by atoms with Crippen LogP contribution in [0, 0.1) is 5.82 Å². The Morgan fingerprint density at radius 2 is 2.11 bits per heavy atom. The van der Waals surface area contributed by atoms with E-state index in [4.69, 9.17) is 4.52 Å². The summed E-state index contributed by atoms with van der Waals surface area (Å²) in [5.41, 5.74) is 0.866. The van der Waals surface area contributed by atoms with Crippen LogP contribution >= 0.6 is 11.3 Å². The van der Waals surface area contributed by atoms with E-state index in [1.54, 1.807) is 30.4 Å². The lowest BCUT2D eigenvalue weighted by molar-refractivity contribution is -0.121. The fourth-order valence-electron chi connectivity index (χ4n) is 2.47. The zero-order chi connectivity index (χ0) is 19.2. The zero-order valence-corrected chi connectivity index (χ0v) is 15.5. The molecule has 0 aliphatic rings. The highest BCUT2D eigenvalue weighted by molar-refractivity contribution is 7.09. The van der Waals surface area contributed by atoms with Gasteiger partial charge in [0.2, 0.25) is 11.7 Å². The molecule has 0 spiro atoms. The molecule has 6 nitrogen and oxygen atoms in total. The second kappa shape index (κ2) is 8.59. The number of likely N-dealkylation sites (N-methyl/N-ethyl adjacent to an activating group) is 1. The van der Waals surface area contributed by atoms with Crippen LogP contribution in [-0.2, 0) is 11.3 Å². The lowest BCUT2D eigenvalue weighted by atomic mass is 10.1. The highest BCUT2D eigenvalue weighted by atomic mass is 32.1. The van der Waals surface area contributed by atoms with Crippen LogP contribution in [0.1, 0.15) is 22.4 Å². The Morgan fingerprint density at radius 1 is 1.26 bits per heavy atom. The first-order valence-electron chi connectivity index (χ1n) is 8.38. The summed E-state index contributed by atoms with van der Waals surface area (Å²) in [7, 11) is 0. The smallest absolute Gasteiger partial charge is 0.292 e. The maximum atomic E-state index is 13.3. The summed E-state index contributed by atoms with van der Waals surface area (Å²) in [6, 6.07) is 11.1. The predicted octanol–water partition coefficient (Wildman–Crippen LogP) is 3.32. The number of hydrogen-bond acceptors (Lipinski definition) is 5. The van der Waals surface area contributed by atoms with E-state index in [0.29, 0.717) is 24.3 Å². The van der Waals surface area contributed by atoms with E-state index in [0.717, 1.165) is 4.88 Å². The number of aromatic nitrogens is 1. The molecule has 27 heavy (non-hydrogen) atoms. The van der Waals surface area contributed by atoms with Crippen LogP contribution in [0.25, 0.3) is 11.3 Å². The number of amides is 2. The van der Waals surface area contributed by atoms with Gasteiger partial charge in [-0.1, -0.05) is 23.4 Å². The van der Waals surface area contributed by atoms with Gasteiger partial charge >= 0.3 is 0 Å². The Balaban J connectivity index is 1.63. The average Bonchev–Trinajstić information content (AvgIpc) is 3.35. The van der Waals surface area contributed by atoms with Crippen LogP contribution in [0.4, 0.5) is 4.39 Å². The molecule has 0 saturated carbocycles. The zero-order valence-electron chi connectivity index (χ0n) is 14.6. The molecule has 0 unspecified atom stereocenters. The fraction of sp³-hybridized carbons (Fsp3) is 0.211. The SMILES string of the molecule is CCN(CC(=O)NCc1cccs1)C(=O)c1cc(-c2cccc(F)c2)no1. The molecular weight excluding hydrogens is 369 g/mol. The van der Waals surface area contributed by atoms with Crippen molar-refractivity contribution in [1.82, 2.24) is 15.4 Å². The summed E-state index contributed by atoms with van der Waals surface area (Å²) in [6.07, 6.45) is 0. The molecule has 0 saturated heterocycles. The third-order valence-electron chi connectivity index (χ3n) is 3.88. The van der Waals surface area contributed by atoms with Gasteiger partial charge in [0.1, 0.15) is 11.5 Å². The van der Waals surface area contributed by atoms with E-state index in [1.807, 2.05) is 17.5 Å². The molecule has 1 aromatic carbocycles. The molecule has 3 rings (SSSR count). The van der Waals surface area contributed by atoms with Crippen molar-refractivity contribution in [2.24, 2.45) is 0 Å². The van der Waals surface area contributed by atoms with Gasteiger partial charge in [0, 0.05) is 23.1 Å². The lowest BCUT2D eigenvalue weighted by Crippen LogP contribution is -2.40. The average molecular weight is 387 g/mol. The molecule has 140 valence electrons. The number of carbonyl (C=O) groups excluding carboxylic acids is 2. The summed E-state index contributed by atoms with van der Waals surface area (Å²) in [4.78, 5) is 27.1. The van der Waals surface area contributed by atoms with Gasteiger partial charge in [0.25, 0.3) is 5.91 Å². The maximum Gasteiger partial charge on any atom is 0.292 e. The van der Waals surface area contributed by atoms with Gasteiger partial charge in [-0.3, -0.25) is 9.59 Å². The summed E-state index contributed by atoms with van der Waals surface area (Å²) < 4.78 is 18.5. The van der Waals surface area contributed by atoms with Crippen LogP contribution in [0.15, 0.2) is 52.4 Å². The van der Waals surface area contributed by atoms with Gasteiger partial charge in [0.15, 0.2) is 0 Å². The van der Waals surface area contributed by atoms with Gasteiger partial charge in [-0.05, 0) is 30.5 Å². The molecule has 8 heteroatoms. The van der Waals surface area contributed by atoms with Gasteiger partial charge in [-0.2, -0.15) is 0 Å². The second-order valence-corrected chi connectivity index (χ2v) is 6.79. The van der Waals surface area contributed by atoms with Crippen LogP contribution < -0.4 is 5.32 Å². The Morgan fingerprint density at radius 3 is 2.81 bits per heavy atom. The van der Waals surface area contributed by atoms with Crippen molar-refractivity contribution >= 4 is 23.2 Å². The van der Waals surface area contributed by atoms with Crippen molar-refractivity contribution < 1.29 is 18.5 Å². The number of halogens is 1. The summed E-state index contributed by atoms with van der Waals surface area (Å²) in [5.74, 6) is -1.11. The van der Waals surface area contributed by atoms with Gasteiger partial charge in [-0.25, -0.2) is 4.39 Å². The number of rotatable bonds is 7. The van der Waals surface area contributed by atoms with E-state index < -0.39 is 11.7 Å². The Hall–Kier alpha value is -3.00. The molecule has 0 aliphatic carbocycles. The number of nitrogens with zero attached hydrogens (tertiary/aromatic N) is 2. The third-order valence-corrected chi connectivity index (χ3v) is 4.76. The van der Waals surface area contributed by atoms with Crippen LogP contribution in [0.3, 0.4) is 0 Å². The topological polar surface area (TPSA) is 75.4 Å². The van der Waals surface area contributed by atoms with Crippen LogP contribution in [0.2, 0.25) is 0 Å². The molecule has 2 aromatic heterocycles. The van der Waals surface area contributed by atoms with Crippen molar-refractivity contribution in [2.45, 2.75) is 13.5 Å². The lowest BCUT2D eigenvalue weighted by Gasteiger charge is -2.18. The fourth-order valence-corrected chi connectivity index (χ4v) is 3.12. The molecule has 2 heterocycles. The quantitative estimate of drug-likeness (QED) is 0.675. The van der Waals surface area contributed by atoms with E-state index in [-0.39, 0.29) is 18.2 Å². The number of hydrogen-bond donors (Lipinski definition) is 1. The Bertz CT molecular complexity index is 924. The standard InChI is InChI=1S/C19H18FN3O3S/c1-2-23(12-18(24)21-11-15-7-4-8-27-15)19(25)17-10-16(22-26-17)13-5-3-6-14(20)9-13/h3-10H,2,11-12H2,1H3,(H,21,24). The van der Waals surface area contributed by atoms with Gasteiger partial charge in [-0.15, -0.1) is 11.3 Å². The molecule has 1 N–H and O–H groups in total. The first-order chi connectivity index (χ1) is 13.1. The van der Waals surface area contributed by atoms with Crippen molar-refractivity contribution in [2.75, 3.05) is 13.1 Å². The largest absolute Gasteiger partial charge is 0.350 e. The highest BCUT2D eigenvalue weighted by Crippen LogP contribution is 2.20. The van der Waals surface area contributed by atoms with Crippen molar-refractivity contribution in [3.63, 3.8) is 0 Å². The molecule has 0 fully saturated rings. The maximum absolute atomic E-state index is 13.3. The minimum Gasteiger partial charge on any atom is -0.350 e. The molecular formula is C19H18FN3O3S. The normalized spacial score (nSPS) is 10.6. The van der Waals surface area contributed by atoms with E-state index in [2.05, 4.69) is 10.5 Å². The van der Waals surface area contributed by atoms with E-state index in [9.17, 15) is 14.0 Å². The Kier molecular flexibility index (Phi) is 5.97. The molecule has 3 aromatic rings. The number of benzene rings is 1. The first-order valence-corrected chi connectivity index (χ1v) is 9.25. The van der Waals surface area contributed by atoms with Crippen LogP contribution in [-0.4, -0.2) is 35.0 Å². The highest BCUT2D eigenvalue weighted by Gasteiger charge is 2.22. The number of nitrogens with one attached hydrogen (secondary N) is 1. The third kappa shape index (κ3) is 4.79. The predicted molar refractivity (Wildman–Crippen MR) is 99.6 cm³/mol. The molecule has 2 amide bonds. The molecule has 0 atom stereocenters. The van der Waals surface area contributed by atoms with Crippen molar-refractivity contribution in [3.05, 3.63) is 64.3 Å². The summed E-state index contributed by atoms with van der Waals surface area (Å²) in [6.45, 7) is 2.44. The first kappa shape index (κ1) is 18.8. The molecule has 0 aliphatic heterocycles. The molecule has 0 radical (unpaired) electrons. The number of thiophene rings is 1. The second-order valence-electron chi connectivity index (χ2n) is 5.76. The van der Waals surface area contributed by atoms with Crippen LogP contribution in [0.5, 0.6) is 0 Å². The molecule has 0 bridgehead atoms. The summed E-state index contributed by atoms with van der Waals surface area (Å²) >= 11 is 1.55. The van der Waals surface area contributed by atoms with Crippen molar-refractivity contribution in [3.8, 4) is 11.3 Å². The minimum atomic E-state index is -0.445.